The van der Waals surface area contributed by atoms with Crippen LogP contribution in [0.5, 0.6) is 0 Å². The van der Waals surface area contributed by atoms with Crippen LogP contribution < -0.4 is 11.1 Å². The maximum absolute atomic E-state index is 12.1. The van der Waals surface area contributed by atoms with Crippen molar-refractivity contribution in [1.82, 2.24) is 15.1 Å². The second kappa shape index (κ2) is 5.67. The first-order valence-electron chi connectivity index (χ1n) is 6.25. The van der Waals surface area contributed by atoms with Crippen molar-refractivity contribution in [2.75, 3.05) is 13.1 Å². The van der Waals surface area contributed by atoms with Gasteiger partial charge in [0.2, 0.25) is 0 Å². The van der Waals surface area contributed by atoms with Gasteiger partial charge in [0, 0.05) is 13.1 Å². The minimum absolute atomic E-state index is 0.123. The van der Waals surface area contributed by atoms with Crippen LogP contribution in [0.4, 0.5) is 0 Å². The molecule has 0 bridgehead atoms. The molecule has 19 heavy (non-hydrogen) atoms. The van der Waals surface area contributed by atoms with Crippen LogP contribution in [0.15, 0.2) is 30.3 Å². The molecule has 1 amide bonds. The van der Waals surface area contributed by atoms with Gasteiger partial charge in [-0.05, 0) is 26.0 Å². The summed E-state index contributed by atoms with van der Waals surface area (Å²) in [5, 5.41) is 7.21. The molecule has 1 aromatic heterocycles. The van der Waals surface area contributed by atoms with E-state index in [1.54, 1.807) is 4.68 Å². The van der Waals surface area contributed by atoms with E-state index in [1.807, 2.05) is 44.2 Å². The summed E-state index contributed by atoms with van der Waals surface area (Å²) in [6.07, 6.45) is 0. The van der Waals surface area contributed by atoms with Gasteiger partial charge in [-0.3, -0.25) is 4.79 Å². The van der Waals surface area contributed by atoms with Crippen molar-refractivity contribution in [1.29, 1.82) is 0 Å². The zero-order valence-corrected chi connectivity index (χ0v) is 11.2. The van der Waals surface area contributed by atoms with Crippen molar-refractivity contribution in [3.63, 3.8) is 0 Å². The van der Waals surface area contributed by atoms with Gasteiger partial charge >= 0.3 is 0 Å². The van der Waals surface area contributed by atoms with Gasteiger partial charge in [0.1, 0.15) is 0 Å². The van der Waals surface area contributed by atoms with E-state index in [0.29, 0.717) is 18.7 Å². The van der Waals surface area contributed by atoms with E-state index in [-0.39, 0.29) is 5.91 Å². The highest BCUT2D eigenvalue weighted by atomic mass is 16.1. The highest BCUT2D eigenvalue weighted by Crippen LogP contribution is 2.17. The summed E-state index contributed by atoms with van der Waals surface area (Å²) >= 11 is 0. The molecule has 5 nitrogen and oxygen atoms in total. The molecule has 2 rings (SSSR count). The SMILES string of the molecule is Cc1nn(-c2ccccc2)c(C)c1C(=O)NCCN. The van der Waals surface area contributed by atoms with Crippen LogP contribution in [0, 0.1) is 13.8 Å². The van der Waals surface area contributed by atoms with Gasteiger partial charge in [0.05, 0.1) is 22.6 Å². The number of amides is 1. The zero-order valence-electron chi connectivity index (χ0n) is 11.2. The molecule has 5 heteroatoms. The van der Waals surface area contributed by atoms with Crippen molar-refractivity contribution in [2.45, 2.75) is 13.8 Å². The van der Waals surface area contributed by atoms with Crippen molar-refractivity contribution in [2.24, 2.45) is 5.73 Å². The Morgan fingerprint density at radius 2 is 2.00 bits per heavy atom. The zero-order chi connectivity index (χ0) is 13.8. The minimum atomic E-state index is -0.123. The van der Waals surface area contributed by atoms with E-state index in [0.717, 1.165) is 17.1 Å². The maximum Gasteiger partial charge on any atom is 0.255 e. The fourth-order valence-corrected chi connectivity index (χ4v) is 2.07. The van der Waals surface area contributed by atoms with Gasteiger partial charge in [0.25, 0.3) is 5.91 Å². The normalized spacial score (nSPS) is 10.5. The van der Waals surface area contributed by atoms with Crippen molar-refractivity contribution >= 4 is 5.91 Å². The molecule has 0 saturated heterocycles. The number of para-hydroxylation sites is 1. The standard InChI is InChI=1S/C14H18N4O/c1-10-13(14(19)16-9-8-15)11(2)18(17-10)12-6-4-3-5-7-12/h3-7H,8-9,15H2,1-2H3,(H,16,19). The van der Waals surface area contributed by atoms with E-state index in [9.17, 15) is 4.79 Å². The molecule has 0 atom stereocenters. The Morgan fingerprint density at radius 1 is 1.32 bits per heavy atom. The lowest BCUT2D eigenvalue weighted by molar-refractivity contribution is 0.0953. The van der Waals surface area contributed by atoms with Crippen LogP contribution in [0.2, 0.25) is 0 Å². The Bertz CT molecular complexity index is 575. The second-order valence-electron chi connectivity index (χ2n) is 4.34. The molecule has 0 fully saturated rings. The smallest absolute Gasteiger partial charge is 0.255 e. The molecule has 0 unspecified atom stereocenters. The summed E-state index contributed by atoms with van der Waals surface area (Å²) in [5.41, 5.74) is 8.51. The molecule has 0 aliphatic rings. The largest absolute Gasteiger partial charge is 0.351 e. The van der Waals surface area contributed by atoms with Gasteiger partial charge < -0.3 is 11.1 Å². The molecule has 2 aromatic rings. The van der Waals surface area contributed by atoms with Crippen LogP contribution in [0.1, 0.15) is 21.7 Å². The third-order valence-corrected chi connectivity index (χ3v) is 2.95. The number of nitrogens with one attached hydrogen (secondary N) is 1. The fourth-order valence-electron chi connectivity index (χ4n) is 2.07. The monoisotopic (exact) mass is 258 g/mol. The number of nitrogens with zero attached hydrogens (tertiary/aromatic N) is 2. The number of benzene rings is 1. The summed E-state index contributed by atoms with van der Waals surface area (Å²) < 4.78 is 1.78. The molecule has 1 heterocycles. The van der Waals surface area contributed by atoms with Gasteiger partial charge in [-0.2, -0.15) is 5.10 Å². The number of rotatable bonds is 4. The van der Waals surface area contributed by atoms with Gasteiger partial charge in [-0.15, -0.1) is 0 Å². The summed E-state index contributed by atoms with van der Waals surface area (Å²) in [6.45, 7) is 4.62. The second-order valence-corrected chi connectivity index (χ2v) is 4.34. The maximum atomic E-state index is 12.1. The Hall–Kier alpha value is -2.14. The Labute approximate surface area is 112 Å². The number of carbonyl (C=O) groups excluding carboxylic acids is 1. The third-order valence-electron chi connectivity index (χ3n) is 2.95. The highest BCUT2D eigenvalue weighted by Gasteiger charge is 2.18. The van der Waals surface area contributed by atoms with Crippen molar-refractivity contribution in [3.05, 3.63) is 47.3 Å². The van der Waals surface area contributed by atoms with E-state index < -0.39 is 0 Å². The summed E-state index contributed by atoms with van der Waals surface area (Å²) in [6, 6.07) is 9.76. The van der Waals surface area contributed by atoms with Crippen LogP contribution in [-0.2, 0) is 0 Å². The molecule has 0 saturated carbocycles. The van der Waals surface area contributed by atoms with E-state index in [1.165, 1.54) is 0 Å². The van der Waals surface area contributed by atoms with E-state index >= 15 is 0 Å². The summed E-state index contributed by atoms with van der Waals surface area (Å²) in [5.74, 6) is -0.123. The number of aryl methyl sites for hydroxylation is 1. The van der Waals surface area contributed by atoms with E-state index in [2.05, 4.69) is 10.4 Å². The molecular weight excluding hydrogens is 240 g/mol. The molecule has 0 aliphatic carbocycles. The Morgan fingerprint density at radius 3 is 2.63 bits per heavy atom. The van der Waals surface area contributed by atoms with Crippen LogP contribution in [-0.4, -0.2) is 28.8 Å². The molecule has 0 spiro atoms. The molecule has 100 valence electrons. The lowest BCUT2D eigenvalue weighted by Gasteiger charge is -2.05. The lowest BCUT2D eigenvalue weighted by Crippen LogP contribution is -2.29. The van der Waals surface area contributed by atoms with Gasteiger partial charge in [-0.25, -0.2) is 4.68 Å². The molecular formula is C14H18N4O. The Balaban J connectivity index is 2.38. The molecule has 1 aromatic carbocycles. The van der Waals surface area contributed by atoms with Crippen molar-refractivity contribution < 1.29 is 4.79 Å². The van der Waals surface area contributed by atoms with Crippen LogP contribution >= 0.6 is 0 Å². The first-order chi connectivity index (χ1) is 9.15. The molecule has 0 aliphatic heterocycles. The number of nitrogens with two attached hydrogens (primary N) is 1. The fraction of sp³-hybridized carbons (Fsp3) is 0.286. The molecule has 3 N–H and O–H groups in total. The molecule has 0 radical (unpaired) electrons. The average molecular weight is 258 g/mol. The first kappa shape index (κ1) is 13.3. The van der Waals surface area contributed by atoms with Crippen LogP contribution in [0.25, 0.3) is 5.69 Å². The third kappa shape index (κ3) is 2.66. The van der Waals surface area contributed by atoms with Crippen LogP contribution in [0.3, 0.4) is 0 Å². The summed E-state index contributed by atoms with van der Waals surface area (Å²) in [4.78, 5) is 12.1. The Kier molecular flexibility index (Phi) is 3.97. The topological polar surface area (TPSA) is 72.9 Å². The predicted molar refractivity (Wildman–Crippen MR) is 74.4 cm³/mol. The minimum Gasteiger partial charge on any atom is -0.351 e. The van der Waals surface area contributed by atoms with Gasteiger partial charge in [0.15, 0.2) is 0 Å². The quantitative estimate of drug-likeness (QED) is 0.865. The predicted octanol–water partition coefficient (Wildman–Crippen LogP) is 1.18. The van der Waals surface area contributed by atoms with Gasteiger partial charge in [-0.1, -0.05) is 18.2 Å². The summed E-state index contributed by atoms with van der Waals surface area (Å²) in [7, 11) is 0. The average Bonchev–Trinajstić information content (AvgIpc) is 2.72. The van der Waals surface area contributed by atoms with Crippen molar-refractivity contribution in [3.8, 4) is 5.69 Å². The van der Waals surface area contributed by atoms with E-state index in [4.69, 9.17) is 5.73 Å². The number of aromatic nitrogens is 2. The number of hydrogen-bond donors (Lipinski definition) is 2. The first-order valence-corrected chi connectivity index (χ1v) is 6.25. The highest BCUT2D eigenvalue weighted by molar-refractivity contribution is 5.96. The lowest BCUT2D eigenvalue weighted by atomic mass is 10.2. The number of carbonyl (C=O) groups is 1. The number of hydrogen-bond acceptors (Lipinski definition) is 3.